The topological polar surface area (TPSA) is 66.9 Å². The maximum atomic E-state index is 13.0. The first-order valence-electron chi connectivity index (χ1n) is 8.99. The van der Waals surface area contributed by atoms with Crippen molar-refractivity contribution in [1.82, 2.24) is 0 Å². The van der Waals surface area contributed by atoms with Crippen LogP contribution in [0.4, 0.5) is 0 Å². The minimum atomic E-state index is -0.422. The Balaban J connectivity index is 1.60. The summed E-state index contributed by atoms with van der Waals surface area (Å²) < 4.78 is 5.65. The van der Waals surface area contributed by atoms with Crippen LogP contribution in [-0.2, 0) is 14.3 Å². The predicted molar refractivity (Wildman–Crippen MR) is 82.5 cm³/mol. The molecular weight excluding hydrogens is 292 g/mol. The second-order valence-electron chi connectivity index (χ2n) is 8.87. The van der Waals surface area contributed by atoms with Crippen LogP contribution in [0.15, 0.2) is 11.6 Å². The summed E-state index contributed by atoms with van der Waals surface area (Å²) in [7, 11) is 0. The highest BCUT2D eigenvalue weighted by atomic mass is 16.6. The molecule has 0 spiro atoms. The van der Waals surface area contributed by atoms with E-state index in [4.69, 9.17) is 4.74 Å². The fourth-order valence-corrected chi connectivity index (χ4v) is 6.55. The average Bonchev–Trinajstić information content (AvgIpc) is 3.23. The van der Waals surface area contributed by atoms with Gasteiger partial charge < -0.3 is 9.84 Å². The Hall–Kier alpha value is -1.00. The van der Waals surface area contributed by atoms with E-state index in [2.05, 4.69) is 13.8 Å². The fourth-order valence-electron chi connectivity index (χ4n) is 6.55. The van der Waals surface area contributed by atoms with Crippen molar-refractivity contribution in [2.24, 2.45) is 28.6 Å². The summed E-state index contributed by atoms with van der Waals surface area (Å²) in [5.74, 6) is 0.947. The quantitative estimate of drug-likeness (QED) is 0.695. The Morgan fingerprint density at radius 1 is 1.17 bits per heavy atom. The molecule has 23 heavy (non-hydrogen) atoms. The van der Waals surface area contributed by atoms with E-state index in [1.165, 1.54) is 0 Å². The van der Waals surface area contributed by atoms with Gasteiger partial charge >= 0.3 is 0 Å². The predicted octanol–water partition coefficient (Wildman–Crippen LogP) is 2.05. The number of aliphatic hydroxyl groups is 1. The van der Waals surface area contributed by atoms with Crippen LogP contribution in [0.25, 0.3) is 0 Å². The highest BCUT2D eigenvalue weighted by Gasteiger charge is 2.66. The molecule has 5 aliphatic rings. The summed E-state index contributed by atoms with van der Waals surface area (Å²) >= 11 is 0. The van der Waals surface area contributed by atoms with Crippen molar-refractivity contribution >= 4 is 11.6 Å². The summed E-state index contributed by atoms with van der Waals surface area (Å²) in [6.45, 7) is 4.29. The van der Waals surface area contributed by atoms with Crippen LogP contribution in [0.3, 0.4) is 0 Å². The maximum absolute atomic E-state index is 13.0. The van der Waals surface area contributed by atoms with Gasteiger partial charge in [0, 0.05) is 17.8 Å². The summed E-state index contributed by atoms with van der Waals surface area (Å²) in [6, 6.07) is 0. The molecule has 124 valence electrons. The zero-order valence-corrected chi connectivity index (χ0v) is 13.7. The lowest BCUT2D eigenvalue weighted by Gasteiger charge is -2.55. The van der Waals surface area contributed by atoms with Crippen LogP contribution in [-0.4, -0.2) is 35.0 Å². The Labute approximate surface area is 136 Å². The van der Waals surface area contributed by atoms with Crippen LogP contribution in [0.1, 0.15) is 46.0 Å². The average molecular weight is 316 g/mol. The molecule has 1 N–H and O–H groups in total. The number of epoxide rings is 1. The minimum absolute atomic E-state index is 0.0450. The highest BCUT2D eigenvalue weighted by Crippen LogP contribution is 2.65. The lowest BCUT2D eigenvalue weighted by Crippen LogP contribution is -2.55. The molecule has 4 aliphatic carbocycles. The van der Waals surface area contributed by atoms with E-state index in [1.54, 1.807) is 0 Å². The highest BCUT2D eigenvalue weighted by molar-refractivity contribution is 5.97. The molecule has 0 aromatic carbocycles. The molecule has 3 unspecified atom stereocenters. The molecule has 0 aromatic heterocycles. The van der Waals surface area contributed by atoms with Gasteiger partial charge in [-0.2, -0.15) is 0 Å². The monoisotopic (exact) mass is 316 g/mol. The van der Waals surface area contributed by atoms with Gasteiger partial charge in [0.25, 0.3) is 0 Å². The van der Waals surface area contributed by atoms with E-state index >= 15 is 0 Å². The zero-order chi connectivity index (χ0) is 16.1. The van der Waals surface area contributed by atoms with Gasteiger partial charge in [-0.3, -0.25) is 9.59 Å². The van der Waals surface area contributed by atoms with E-state index in [0.29, 0.717) is 18.6 Å². The van der Waals surface area contributed by atoms with Crippen LogP contribution in [0, 0.1) is 28.6 Å². The van der Waals surface area contributed by atoms with Crippen molar-refractivity contribution in [3.8, 4) is 0 Å². The molecule has 0 bridgehead atoms. The number of rotatable bonds is 0. The Bertz CT molecular complexity index is 652. The number of ketones is 2. The number of aliphatic hydroxyl groups excluding tert-OH is 1. The molecule has 5 rings (SSSR count). The lowest BCUT2D eigenvalue weighted by atomic mass is 9.47. The maximum Gasteiger partial charge on any atom is 0.159 e. The van der Waals surface area contributed by atoms with Crippen molar-refractivity contribution in [2.45, 2.75) is 64.3 Å². The molecular formula is C19H24O4. The number of fused-ring (bicyclic) bond motifs is 7. The third-order valence-corrected chi connectivity index (χ3v) is 7.93. The molecule has 1 heterocycles. The first-order valence-corrected chi connectivity index (χ1v) is 8.99. The number of ether oxygens (including phenoxy) is 1. The minimum Gasteiger partial charge on any atom is -0.390 e. The molecule has 4 nitrogen and oxygen atoms in total. The molecule has 8 atom stereocenters. The first-order chi connectivity index (χ1) is 10.9. The summed E-state index contributed by atoms with van der Waals surface area (Å²) in [4.78, 5) is 25.4. The molecule has 1 aliphatic heterocycles. The number of hydrogen-bond acceptors (Lipinski definition) is 4. The number of carbonyl (C=O) groups excluding carboxylic acids is 2. The van der Waals surface area contributed by atoms with Gasteiger partial charge in [0.15, 0.2) is 5.78 Å². The molecule has 0 aromatic rings. The smallest absolute Gasteiger partial charge is 0.159 e. The number of Topliss-reactive ketones (excluding diaryl/α,β-unsaturated/α-hetero) is 1. The van der Waals surface area contributed by atoms with Crippen LogP contribution in [0.5, 0.6) is 0 Å². The second-order valence-corrected chi connectivity index (χ2v) is 8.87. The van der Waals surface area contributed by atoms with E-state index in [1.807, 2.05) is 6.08 Å². The van der Waals surface area contributed by atoms with Gasteiger partial charge in [-0.05, 0) is 54.6 Å². The summed E-state index contributed by atoms with van der Waals surface area (Å²) in [6.07, 6.45) is 5.22. The number of allylic oxidation sites excluding steroid dienone is 1. The standard InChI is InChI=1S/C19H24O4/c1-18-6-5-10-15(9(18)3-4-14(18)22)12(20)7-11-16-17(23-16)13(21)8-19(10,11)2/h7,9-10,13,15-17,21H,3-6,8H2,1-2H3/t9-,10+,13?,15-,16?,17?,18-,19+/m0/s1. The van der Waals surface area contributed by atoms with Crippen LogP contribution >= 0.6 is 0 Å². The van der Waals surface area contributed by atoms with Crippen molar-refractivity contribution in [3.05, 3.63) is 11.6 Å². The SMILES string of the molecule is C[C@]12CC(O)C3OC3C1=CC(=O)[C@@H]1[C@H]2CC[C@]2(C)C(=O)CC[C@@H]12. The van der Waals surface area contributed by atoms with Crippen LogP contribution in [0.2, 0.25) is 0 Å². The van der Waals surface area contributed by atoms with Gasteiger partial charge in [-0.25, -0.2) is 0 Å². The molecule has 1 saturated heterocycles. The third-order valence-electron chi connectivity index (χ3n) is 7.93. The van der Waals surface area contributed by atoms with Crippen molar-refractivity contribution in [2.75, 3.05) is 0 Å². The fraction of sp³-hybridized carbons (Fsp3) is 0.789. The second kappa shape index (κ2) is 4.15. The molecule has 0 radical (unpaired) electrons. The largest absolute Gasteiger partial charge is 0.390 e. The van der Waals surface area contributed by atoms with Crippen LogP contribution < -0.4 is 0 Å². The normalized spacial score (nSPS) is 57.1. The van der Waals surface area contributed by atoms with Crippen molar-refractivity contribution < 1.29 is 19.4 Å². The summed E-state index contributed by atoms with van der Waals surface area (Å²) in [5, 5.41) is 10.4. The lowest BCUT2D eigenvalue weighted by molar-refractivity contribution is -0.140. The molecule has 3 saturated carbocycles. The van der Waals surface area contributed by atoms with Gasteiger partial charge in [0.05, 0.1) is 6.10 Å². The Morgan fingerprint density at radius 2 is 1.91 bits per heavy atom. The van der Waals surface area contributed by atoms with E-state index in [-0.39, 0.29) is 46.6 Å². The molecule has 4 heteroatoms. The Morgan fingerprint density at radius 3 is 2.70 bits per heavy atom. The van der Waals surface area contributed by atoms with E-state index in [0.717, 1.165) is 24.8 Å². The van der Waals surface area contributed by atoms with Gasteiger partial charge in [-0.15, -0.1) is 0 Å². The third kappa shape index (κ3) is 1.59. The number of hydrogen-bond donors (Lipinski definition) is 1. The Kier molecular flexibility index (Phi) is 2.59. The van der Waals surface area contributed by atoms with E-state index < -0.39 is 6.10 Å². The van der Waals surface area contributed by atoms with Crippen molar-refractivity contribution in [1.29, 1.82) is 0 Å². The van der Waals surface area contributed by atoms with Gasteiger partial charge in [0.2, 0.25) is 0 Å². The molecule has 4 fully saturated rings. The first kappa shape index (κ1) is 14.4. The van der Waals surface area contributed by atoms with Gasteiger partial charge in [0.1, 0.15) is 18.0 Å². The van der Waals surface area contributed by atoms with E-state index in [9.17, 15) is 14.7 Å². The number of carbonyl (C=O) groups is 2. The van der Waals surface area contributed by atoms with Crippen molar-refractivity contribution in [3.63, 3.8) is 0 Å². The molecule has 0 amide bonds. The van der Waals surface area contributed by atoms with Gasteiger partial charge in [-0.1, -0.05) is 13.8 Å². The summed E-state index contributed by atoms with van der Waals surface area (Å²) in [5.41, 5.74) is 0.666. The zero-order valence-electron chi connectivity index (χ0n) is 13.7.